The summed E-state index contributed by atoms with van der Waals surface area (Å²) in [6.45, 7) is 3.45. The van der Waals surface area contributed by atoms with Gasteiger partial charge in [0.1, 0.15) is 12.2 Å². The molecular weight excluding hydrogens is 532 g/mol. The van der Waals surface area contributed by atoms with Gasteiger partial charge in [0.2, 0.25) is 0 Å². The number of nitrogens with one attached hydrogen (secondary N) is 1. The second kappa shape index (κ2) is 17.1. The van der Waals surface area contributed by atoms with Crippen LogP contribution in [0.2, 0.25) is 0 Å². The molecule has 0 aliphatic carbocycles. The van der Waals surface area contributed by atoms with Gasteiger partial charge in [-0.3, -0.25) is 9.59 Å². The monoisotopic (exact) mass is 578 g/mol. The molecule has 228 valence electrons. The zero-order valence-electron chi connectivity index (χ0n) is 25.2. The van der Waals surface area contributed by atoms with Gasteiger partial charge in [-0.2, -0.15) is 0 Å². The van der Waals surface area contributed by atoms with E-state index in [1.54, 1.807) is 0 Å². The van der Waals surface area contributed by atoms with Crippen molar-refractivity contribution in [3.63, 3.8) is 0 Å². The molecule has 1 aliphatic heterocycles. The van der Waals surface area contributed by atoms with Gasteiger partial charge in [-0.15, -0.1) is 0 Å². The van der Waals surface area contributed by atoms with E-state index in [-0.39, 0.29) is 23.8 Å². The number of hydrogen-bond donors (Lipinski definition) is 3. The number of ether oxygens (including phenoxy) is 3. The van der Waals surface area contributed by atoms with E-state index in [1.807, 2.05) is 30.4 Å². The van der Waals surface area contributed by atoms with Crippen molar-refractivity contribution in [2.75, 3.05) is 13.7 Å². The standard InChI is InChI=1S/C34H46N2O6/c1-24(37)41-30(14-10-5-4-7-11-26-12-8-6-9-13-26)23-31(42-25(2)38)16-15-27-19-29(34(39)32(21-27)40-3)20-28-17-18-36-33(35)22-28/h6,8-9,12-13,17,19,21-22,30-31,36,39H,4-5,7,10-11,14-16,18,20,23,35H2,1-3H3. The van der Waals surface area contributed by atoms with Crippen molar-refractivity contribution in [2.24, 2.45) is 5.73 Å². The molecule has 0 bridgehead atoms. The lowest BCUT2D eigenvalue weighted by atomic mass is 9.95. The third kappa shape index (κ3) is 11.5. The van der Waals surface area contributed by atoms with Crippen LogP contribution in [0.25, 0.3) is 0 Å². The molecule has 0 radical (unpaired) electrons. The van der Waals surface area contributed by atoms with E-state index in [0.29, 0.717) is 43.8 Å². The normalized spacial score (nSPS) is 14.2. The second-order valence-electron chi connectivity index (χ2n) is 10.9. The zero-order valence-corrected chi connectivity index (χ0v) is 25.2. The maximum Gasteiger partial charge on any atom is 0.302 e. The first-order valence-electron chi connectivity index (χ1n) is 14.9. The predicted octanol–water partition coefficient (Wildman–Crippen LogP) is 5.65. The largest absolute Gasteiger partial charge is 0.504 e. The molecule has 2 aromatic carbocycles. The van der Waals surface area contributed by atoms with Gasteiger partial charge in [0.15, 0.2) is 11.5 Å². The second-order valence-corrected chi connectivity index (χ2v) is 10.9. The Morgan fingerprint density at radius 3 is 2.29 bits per heavy atom. The summed E-state index contributed by atoms with van der Waals surface area (Å²) in [4.78, 5) is 23.8. The van der Waals surface area contributed by atoms with Gasteiger partial charge in [0.25, 0.3) is 0 Å². The Bertz CT molecular complexity index is 1220. The first-order valence-corrected chi connectivity index (χ1v) is 14.9. The van der Waals surface area contributed by atoms with Crippen LogP contribution in [0.3, 0.4) is 0 Å². The molecule has 1 heterocycles. The molecule has 1 aliphatic rings. The van der Waals surface area contributed by atoms with Gasteiger partial charge < -0.3 is 30.4 Å². The van der Waals surface area contributed by atoms with E-state index in [4.69, 9.17) is 19.9 Å². The number of allylic oxidation sites excluding steroid dienone is 2. The minimum Gasteiger partial charge on any atom is -0.504 e. The molecule has 2 atom stereocenters. The highest BCUT2D eigenvalue weighted by molar-refractivity contribution is 5.66. The topological polar surface area (TPSA) is 120 Å². The first-order chi connectivity index (χ1) is 20.2. The number of aryl methyl sites for hydroxylation is 2. The number of phenolic OH excluding ortho intramolecular Hbond substituents is 1. The van der Waals surface area contributed by atoms with Gasteiger partial charge in [-0.25, -0.2) is 0 Å². The number of phenols is 1. The fourth-order valence-electron chi connectivity index (χ4n) is 5.36. The van der Waals surface area contributed by atoms with Crippen LogP contribution in [0.1, 0.15) is 75.5 Å². The number of aromatic hydroxyl groups is 1. The number of carbonyl (C=O) groups is 2. The molecule has 8 nitrogen and oxygen atoms in total. The predicted molar refractivity (Wildman–Crippen MR) is 164 cm³/mol. The molecule has 2 unspecified atom stereocenters. The Morgan fingerprint density at radius 2 is 1.62 bits per heavy atom. The van der Waals surface area contributed by atoms with Crippen molar-refractivity contribution in [1.82, 2.24) is 5.32 Å². The van der Waals surface area contributed by atoms with Crippen LogP contribution < -0.4 is 15.8 Å². The molecule has 0 spiro atoms. The lowest BCUT2D eigenvalue weighted by molar-refractivity contribution is -0.153. The molecular formula is C34H46N2O6. The molecule has 8 heteroatoms. The highest BCUT2D eigenvalue weighted by Crippen LogP contribution is 2.34. The van der Waals surface area contributed by atoms with E-state index in [9.17, 15) is 14.7 Å². The third-order valence-electron chi connectivity index (χ3n) is 7.37. The fraction of sp³-hybridized carbons (Fsp3) is 0.471. The fourth-order valence-corrected chi connectivity index (χ4v) is 5.36. The highest BCUT2D eigenvalue weighted by Gasteiger charge is 2.22. The number of dihydropyridines is 1. The number of rotatable bonds is 17. The highest BCUT2D eigenvalue weighted by atomic mass is 16.6. The van der Waals surface area contributed by atoms with Crippen molar-refractivity contribution in [1.29, 1.82) is 0 Å². The van der Waals surface area contributed by atoms with Crippen LogP contribution in [0, 0.1) is 0 Å². The summed E-state index contributed by atoms with van der Waals surface area (Å²) in [5, 5.41) is 13.8. The summed E-state index contributed by atoms with van der Waals surface area (Å²) in [5.41, 5.74) is 9.95. The van der Waals surface area contributed by atoms with Crippen molar-refractivity contribution in [2.45, 2.75) is 90.3 Å². The van der Waals surface area contributed by atoms with Gasteiger partial charge >= 0.3 is 11.9 Å². The van der Waals surface area contributed by atoms with E-state index in [2.05, 4.69) is 29.6 Å². The van der Waals surface area contributed by atoms with E-state index in [1.165, 1.54) is 26.5 Å². The minimum atomic E-state index is -0.414. The lowest BCUT2D eigenvalue weighted by Gasteiger charge is -2.24. The van der Waals surface area contributed by atoms with Crippen molar-refractivity contribution in [3.05, 3.63) is 82.7 Å². The molecule has 0 amide bonds. The molecule has 0 fully saturated rings. The van der Waals surface area contributed by atoms with Crippen LogP contribution >= 0.6 is 0 Å². The summed E-state index contributed by atoms with van der Waals surface area (Å²) >= 11 is 0. The zero-order chi connectivity index (χ0) is 30.3. The Labute approximate surface area is 249 Å². The van der Waals surface area contributed by atoms with E-state index >= 15 is 0 Å². The third-order valence-corrected chi connectivity index (χ3v) is 7.37. The summed E-state index contributed by atoms with van der Waals surface area (Å²) < 4.78 is 16.8. The number of nitrogens with two attached hydrogens (primary N) is 1. The van der Waals surface area contributed by atoms with Crippen LogP contribution in [-0.2, 0) is 38.3 Å². The average molecular weight is 579 g/mol. The number of carbonyl (C=O) groups excluding carboxylic acids is 2. The van der Waals surface area contributed by atoms with Gasteiger partial charge in [-0.1, -0.05) is 55.3 Å². The maximum atomic E-state index is 12.0. The quantitative estimate of drug-likeness (QED) is 0.163. The summed E-state index contributed by atoms with van der Waals surface area (Å²) in [7, 11) is 1.53. The van der Waals surface area contributed by atoms with Gasteiger partial charge in [0, 0.05) is 38.8 Å². The Kier molecular flexibility index (Phi) is 13.3. The Balaban J connectivity index is 1.59. The van der Waals surface area contributed by atoms with Crippen LogP contribution in [-0.4, -0.2) is 42.9 Å². The molecule has 42 heavy (non-hydrogen) atoms. The van der Waals surface area contributed by atoms with E-state index in [0.717, 1.165) is 55.2 Å². The summed E-state index contributed by atoms with van der Waals surface area (Å²) in [6, 6.07) is 14.2. The molecule has 2 aromatic rings. The van der Waals surface area contributed by atoms with Crippen molar-refractivity contribution < 1.29 is 28.9 Å². The first kappa shape index (κ1) is 32.6. The summed E-state index contributed by atoms with van der Waals surface area (Å²) in [5.74, 6) is 0.383. The Morgan fingerprint density at radius 1 is 0.929 bits per heavy atom. The molecule has 4 N–H and O–H groups in total. The lowest BCUT2D eigenvalue weighted by Crippen LogP contribution is -2.27. The molecule has 0 aromatic heterocycles. The number of esters is 2. The van der Waals surface area contributed by atoms with Crippen LogP contribution in [0.5, 0.6) is 11.5 Å². The Hall–Kier alpha value is -3.94. The average Bonchev–Trinajstić information content (AvgIpc) is 2.95. The van der Waals surface area contributed by atoms with E-state index < -0.39 is 6.10 Å². The summed E-state index contributed by atoms with van der Waals surface area (Å²) in [6.07, 6.45) is 11.2. The number of methoxy groups -OCH3 is 1. The van der Waals surface area contributed by atoms with Crippen LogP contribution in [0.15, 0.2) is 66.0 Å². The molecule has 0 saturated carbocycles. The maximum absolute atomic E-state index is 12.0. The van der Waals surface area contributed by atoms with Gasteiger partial charge in [-0.05, 0) is 67.4 Å². The van der Waals surface area contributed by atoms with Crippen LogP contribution in [0.4, 0.5) is 0 Å². The number of unbranched alkanes of at least 4 members (excludes halogenated alkanes) is 3. The SMILES string of the molecule is COc1cc(CCC(CC(CCCCCCc2ccccc2)OC(C)=O)OC(C)=O)cc(CC2=CCNC(N)=C2)c1O. The molecule has 0 saturated heterocycles. The number of hydrogen-bond acceptors (Lipinski definition) is 8. The smallest absolute Gasteiger partial charge is 0.302 e. The minimum absolute atomic E-state index is 0.0999. The molecule has 3 rings (SSSR count). The van der Waals surface area contributed by atoms with Crippen molar-refractivity contribution in [3.8, 4) is 11.5 Å². The van der Waals surface area contributed by atoms with Gasteiger partial charge in [0.05, 0.1) is 12.9 Å². The number of benzene rings is 2. The van der Waals surface area contributed by atoms with Crippen molar-refractivity contribution >= 4 is 11.9 Å².